The lowest BCUT2D eigenvalue weighted by Gasteiger charge is -2.33. The van der Waals surface area contributed by atoms with E-state index in [9.17, 15) is 16.8 Å². The van der Waals surface area contributed by atoms with E-state index in [4.69, 9.17) is 65.8 Å². The summed E-state index contributed by atoms with van der Waals surface area (Å²) in [6.45, 7) is 4.00. The first-order valence-electron chi connectivity index (χ1n) is 19.3. The predicted molar refractivity (Wildman–Crippen MR) is 251 cm³/mol. The van der Waals surface area contributed by atoms with Crippen molar-refractivity contribution >= 4 is 99.4 Å². The average molecular weight is 997 g/mol. The van der Waals surface area contributed by atoms with Gasteiger partial charge in [-0.05, 0) is 83.9 Å². The molecule has 2 aromatic heterocycles. The molecule has 0 bridgehead atoms. The molecule has 0 saturated carbocycles. The average Bonchev–Trinajstić information content (AvgIpc) is 3.95. The molecule has 2 aliphatic rings. The third-order valence-corrected chi connectivity index (χ3v) is 17.1. The van der Waals surface area contributed by atoms with Gasteiger partial charge in [0.1, 0.15) is 11.5 Å². The molecule has 0 unspecified atom stereocenters. The highest BCUT2D eigenvalue weighted by atomic mass is 35.5. The minimum Gasteiger partial charge on any atom is -0.497 e. The Hall–Kier alpha value is -3.68. The number of nitrogens with zero attached hydrogens (tertiary/aromatic N) is 6. The number of methoxy groups -OCH3 is 2. The van der Waals surface area contributed by atoms with Crippen molar-refractivity contribution in [3.05, 3.63) is 138 Å². The number of thiazole rings is 2. The van der Waals surface area contributed by atoms with Crippen molar-refractivity contribution in [1.82, 2.24) is 18.6 Å². The molecule has 62 heavy (non-hydrogen) atoms. The van der Waals surface area contributed by atoms with Crippen LogP contribution < -0.4 is 19.3 Å². The third-order valence-electron chi connectivity index (χ3n) is 10.2. The summed E-state index contributed by atoms with van der Waals surface area (Å²) in [7, 11) is -3.78. The molecule has 8 rings (SSSR count). The molecule has 0 aliphatic carbocycles. The van der Waals surface area contributed by atoms with Crippen LogP contribution in [0, 0.1) is 0 Å². The van der Waals surface area contributed by atoms with Crippen LogP contribution >= 0.6 is 69.1 Å². The van der Waals surface area contributed by atoms with Gasteiger partial charge in [-0.15, -0.1) is 22.7 Å². The Labute approximate surface area is 390 Å². The van der Waals surface area contributed by atoms with E-state index in [0.717, 1.165) is 44.3 Å². The van der Waals surface area contributed by atoms with E-state index < -0.39 is 20.0 Å². The molecule has 12 nitrogen and oxygen atoms in total. The van der Waals surface area contributed by atoms with Crippen LogP contribution in [0.25, 0.3) is 0 Å². The fourth-order valence-corrected chi connectivity index (χ4v) is 12.0. The van der Waals surface area contributed by atoms with Crippen LogP contribution in [0.3, 0.4) is 0 Å². The van der Waals surface area contributed by atoms with Crippen molar-refractivity contribution in [2.75, 3.05) is 76.4 Å². The molecule has 20 heteroatoms. The summed E-state index contributed by atoms with van der Waals surface area (Å²) >= 11 is 27.0. The maximum Gasteiger partial charge on any atom is 0.243 e. The van der Waals surface area contributed by atoms with Gasteiger partial charge in [0.25, 0.3) is 0 Å². The minimum atomic E-state index is -3.53. The number of rotatable bonds is 12. The number of benzene rings is 4. The highest BCUT2D eigenvalue weighted by Gasteiger charge is 2.31. The number of piperazine rings is 2. The Morgan fingerprint density at radius 2 is 0.952 bits per heavy atom. The van der Waals surface area contributed by atoms with Crippen LogP contribution in [0.1, 0.15) is 22.5 Å². The number of sulfonamides is 2. The van der Waals surface area contributed by atoms with E-state index in [0.29, 0.717) is 85.3 Å². The zero-order valence-electron chi connectivity index (χ0n) is 33.6. The van der Waals surface area contributed by atoms with Gasteiger partial charge in [-0.3, -0.25) is 0 Å². The third kappa shape index (κ3) is 11.3. The Morgan fingerprint density at radius 1 is 0.532 bits per heavy atom. The van der Waals surface area contributed by atoms with Crippen LogP contribution in [0.4, 0.5) is 10.3 Å². The van der Waals surface area contributed by atoms with Gasteiger partial charge in [0.2, 0.25) is 20.0 Å². The normalized spacial score (nSPS) is 15.3. The molecule has 2 aliphatic heterocycles. The van der Waals surface area contributed by atoms with Gasteiger partial charge in [0.05, 0.1) is 45.4 Å². The van der Waals surface area contributed by atoms with Crippen LogP contribution in [-0.4, -0.2) is 102 Å². The van der Waals surface area contributed by atoms with Crippen LogP contribution in [0.2, 0.25) is 20.1 Å². The van der Waals surface area contributed by atoms with Gasteiger partial charge in [-0.2, -0.15) is 8.61 Å². The van der Waals surface area contributed by atoms with E-state index in [1.165, 1.54) is 8.61 Å². The topological polar surface area (TPSA) is 125 Å². The molecular formula is C42H42Cl4N6O6S4. The van der Waals surface area contributed by atoms with Crippen molar-refractivity contribution in [2.45, 2.75) is 22.6 Å². The van der Waals surface area contributed by atoms with Gasteiger partial charge in [-0.25, -0.2) is 26.8 Å². The monoisotopic (exact) mass is 994 g/mol. The fraction of sp³-hybridized carbons (Fsp3) is 0.286. The Balaban J connectivity index is 0.000000187. The number of ether oxygens (including phenoxy) is 2. The highest BCUT2D eigenvalue weighted by molar-refractivity contribution is 7.89. The first-order chi connectivity index (χ1) is 29.7. The van der Waals surface area contributed by atoms with E-state index in [1.807, 2.05) is 41.1 Å². The van der Waals surface area contributed by atoms with Crippen molar-refractivity contribution in [1.29, 1.82) is 0 Å². The summed E-state index contributed by atoms with van der Waals surface area (Å²) in [5, 5.41) is 7.95. The molecule has 4 aromatic carbocycles. The maximum absolute atomic E-state index is 12.9. The SMILES string of the molecule is COc1cc(Cc2csc(N3CCN(S(=O)(=O)c4ccc(Cl)cc4)CC3)n2)cc(OC)c1.O=S(=O)(c1ccc(Cl)cc1)N1CCN(c2nc(Cc3ccc(Cl)c(Cl)c3)cs2)CC1. The number of anilines is 2. The first-order valence-corrected chi connectivity index (χ1v) is 25.4. The molecule has 4 heterocycles. The lowest BCUT2D eigenvalue weighted by atomic mass is 10.1. The summed E-state index contributed by atoms with van der Waals surface area (Å²) in [5.74, 6) is 1.49. The summed E-state index contributed by atoms with van der Waals surface area (Å²) in [6.07, 6.45) is 1.33. The summed E-state index contributed by atoms with van der Waals surface area (Å²) in [4.78, 5) is 14.3. The molecule has 0 radical (unpaired) electrons. The first kappa shape index (κ1) is 46.3. The lowest BCUT2D eigenvalue weighted by molar-refractivity contribution is 0.384. The minimum absolute atomic E-state index is 0.263. The van der Waals surface area contributed by atoms with Gasteiger partial charge in [0.15, 0.2) is 10.3 Å². The molecule has 2 saturated heterocycles. The quantitative estimate of drug-likeness (QED) is 0.117. The highest BCUT2D eigenvalue weighted by Crippen LogP contribution is 2.30. The number of hydrogen-bond acceptors (Lipinski definition) is 12. The zero-order chi connectivity index (χ0) is 44.0. The van der Waals surface area contributed by atoms with E-state index in [-0.39, 0.29) is 9.79 Å². The molecular weight excluding hydrogens is 955 g/mol. The van der Waals surface area contributed by atoms with Crippen LogP contribution in [0.15, 0.2) is 105 Å². The summed E-state index contributed by atoms with van der Waals surface area (Å²) in [6, 6.07) is 23.9. The van der Waals surface area contributed by atoms with Crippen molar-refractivity contribution in [2.24, 2.45) is 0 Å². The van der Waals surface area contributed by atoms with Crippen molar-refractivity contribution in [3.8, 4) is 11.5 Å². The number of hydrogen-bond donors (Lipinski definition) is 0. The second kappa shape index (κ2) is 20.4. The molecule has 328 valence electrons. The van der Waals surface area contributed by atoms with E-state index in [2.05, 4.69) is 9.80 Å². The summed E-state index contributed by atoms with van der Waals surface area (Å²) < 4.78 is 65.1. The Kier molecular flexibility index (Phi) is 15.3. The van der Waals surface area contributed by atoms with Crippen molar-refractivity contribution < 1.29 is 26.3 Å². The predicted octanol–water partition coefficient (Wildman–Crippen LogP) is 9.12. The smallest absolute Gasteiger partial charge is 0.243 e. The molecule has 0 amide bonds. The molecule has 0 N–H and O–H groups in total. The molecule has 6 aromatic rings. The zero-order valence-corrected chi connectivity index (χ0v) is 39.9. The standard InChI is InChI=1S/C22H24ClN3O4S2.C20H18Cl3N3O2S2/c1-29-19-12-16(13-20(14-19)30-2)11-18-15-31-22(24-18)25-7-9-26(10-8-25)32(27,28)21-5-3-17(23)4-6-21;21-15-2-4-17(5-3-15)30(27,28)26-9-7-25(8-10-26)20-24-16(13-29-20)11-14-1-6-18(22)19(23)12-14/h3-6,12-15H,7-11H2,1-2H3;1-6,12-13H,7-11H2. The molecule has 2 fully saturated rings. The van der Waals surface area contributed by atoms with Gasteiger partial charge in [-0.1, -0.05) is 52.5 Å². The Morgan fingerprint density at radius 3 is 1.35 bits per heavy atom. The van der Waals surface area contributed by atoms with Crippen LogP contribution in [-0.2, 0) is 32.9 Å². The van der Waals surface area contributed by atoms with Gasteiger partial charge < -0.3 is 19.3 Å². The fourth-order valence-electron chi connectivity index (χ4n) is 6.83. The van der Waals surface area contributed by atoms with E-state index >= 15 is 0 Å². The number of halogens is 4. The second-order valence-electron chi connectivity index (χ2n) is 14.3. The van der Waals surface area contributed by atoms with Crippen molar-refractivity contribution in [3.63, 3.8) is 0 Å². The van der Waals surface area contributed by atoms with Crippen LogP contribution in [0.5, 0.6) is 11.5 Å². The van der Waals surface area contributed by atoms with E-state index in [1.54, 1.807) is 91.5 Å². The summed E-state index contributed by atoms with van der Waals surface area (Å²) in [5.41, 5.74) is 4.00. The molecule has 0 spiro atoms. The lowest BCUT2D eigenvalue weighted by Crippen LogP contribution is -2.48. The number of aromatic nitrogens is 2. The van der Waals surface area contributed by atoms with Gasteiger partial charge >= 0.3 is 0 Å². The largest absolute Gasteiger partial charge is 0.497 e. The van der Waals surface area contributed by atoms with Gasteiger partial charge in [0, 0.05) is 92.1 Å². The maximum atomic E-state index is 12.9. The second-order valence-corrected chi connectivity index (χ2v) is 21.5. The molecule has 0 atom stereocenters. The Bertz CT molecular complexity index is 2670.